The third kappa shape index (κ3) is 2.16. The van der Waals surface area contributed by atoms with Crippen molar-refractivity contribution in [3.05, 3.63) is 24.5 Å². The summed E-state index contributed by atoms with van der Waals surface area (Å²) in [5, 5.41) is 11.1. The largest absolute Gasteiger partial charge is 0.480 e. The Hall–Kier alpha value is -2.24. The van der Waals surface area contributed by atoms with Gasteiger partial charge in [-0.05, 0) is 12.1 Å². The van der Waals surface area contributed by atoms with Crippen LogP contribution >= 0.6 is 0 Å². The number of pyridine rings is 1. The Morgan fingerprint density at radius 3 is 2.93 bits per heavy atom. The SMILES string of the molecule is O=C(O)CNc1ccc2nccnc2n1. The number of fused-ring (bicyclic) bond motifs is 1. The van der Waals surface area contributed by atoms with Gasteiger partial charge in [0, 0.05) is 12.4 Å². The van der Waals surface area contributed by atoms with Gasteiger partial charge in [0.25, 0.3) is 0 Å². The van der Waals surface area contributed by atoms with Crippen molar-refractivity contribution in [2.24, 2.45) is 0 Å². The lowest BCUT2D eigenvalue weighted by Crippen LogP contribution is -2.13. The summed E-state index contributed by atoms with van der Waals surface area (Å²) in [6.07, 6.45) is 3.12. The smallest absolute Gasteiger partial charge is 0.322 e. The second-order valence-corrected chi connectivity index (χ2v) is 2.84. The first-order valence-corrected chi connectivity index (χ1v) is 4.29. The van der Waals surface area contributed by atoms with Gasteiger partial charge >= 0.3 is 5.97 Å². The fourth-order valence-electron chi connectivity index (χ4n) is 1.12. The number of anilines is 1. The number of hydrogen-bond acceptors (Lipinski definition) is 5. The molecule has 76 valence electrons. The highest BCUT2D eigenvalue weighted by atomic mass is 16.4. The van der Waals surface area contributed by atoms with Crippen LogP contribution in [0.25, 0.3) is 11.2 Å². The minimum atomic E-state index is -0.934. The Morgan fingerprint density at radius 2 is 2.13 bits per heavy atom. The van der Waals surface area contributed by atoms with Gasteiger partial charge in [0.05, 0.1) is 0 Å². The van der Waals surface area contributed by atoms with Crippen LogP contribution in [0.15, 0.2) is 24.5 Å². The van der Waals surface area contributed by atoms with Crippen molar-refractivity contribution in [3.8, 4) is 0 Å². The molecule has 2 aromatic heterocycles. The van der Waals surface area contributed by atoms with Crippen LogP contribution in [0.3, 0.4) is 0 Å². The zero-order valence-electron chi connectivity index (χ0n) is 7.71. The molecule has 6 nitrogen and oxygen atoms in total. The molecule has 2 heterocycles. The van der Waals surface area contributed by atoms with Crippen LogP contribution in [0.1, 0.15) is 0 Å². The van der Waals surface area contributed by atoms with Crippen molar-refractivity contribution in [2.75, 3.05) is 11.9 Å². The molecule has 0 saturated heterocycles. The van der Waals surface area contributed by atoms with E-state index in [0.29, 0.717) is 17.0 Å². The molecule has 0 fully saturated rings. The highest BCUT2D eigenvalue weighted by Crippen LogP contribution is 2.09. The van der Waals surface area contributed by atoms with Gasteiger partial charge in [0.15, 0.2) is 5.65 Å². The first kappa shape index (κ1) is 9.32. The Bertz CT molecular complexity index is 500. The van der Waals surface area contributed by atoms with E-state index < -0.39 is 5.97 Å². The van der Waals surface area contributed by atoms with Crippen molar-refractivity contribution >= 4 is 23.0 Å². The van der Waals surface area contributed by atoms with Crippen molar-refractivity contribution in [2.45, 2.75) is 0 Å². The van der Waals surface area contributed by atoms with Crippen LogP contribution in [0.4, 0.5) is 5.82 Å². The average molecular weight is 204 g/mol. The van der Waals surface area contributed by atoms with Gasteiger partial charge < -0.3 is 10.4 Å². The molecule has 0 radical (unpaired) electrons. The molecule has 15 heavy (non-hydrogen) atoms. The molecule has 0 aliphatic heterocycles. The summed E-state index contributed by atoms with van der Waals surface area (Å²) in [4.78, 5) is 22.5. The molecule has 6 heteroatoms. The number of carboxylic acid groups (broad SMARTS) is 1. The molecule has 0 atom stereocenters. The maximum Gasteiger partial charge on any atom is 0.322 e. The van der Waals surface area contributed by atoms with E-state index in [9.17, 15) is 4.79 Å². The number of carboxylic acids is 1. The van der Waals surface area contributed by atoms with E-state index in [1.807, 2.05) is 0 Å². The zero-order chi connectivity index (χ0) is 10.7. The summed E-state index contributed by atoms with van der Waals surface area (Å²) < 4.78 is 0. The lowest BCUT2D eigenvalue weighted by atomic mass is 10.4. The minimum absolute atomic E-state index is 0.168. The van der Waals surface area contributed by atoms with E-state index in [4.69, 9.17) is 5.11 Å². The van der Waals surface area contributed by atoms with Crippen LogP contribution in [0.2, 0.25) is 0 Å². The minimum Gasteiger partial charge on any atom is -0.480 e. The van der Waals surface area contributed by atoms with Gasteiger partial charge in [0.2, 0.25) is 0 Å². The molecular formula is C9H8N4O2. The van der Waals surface area contributed by atoms with Gasteiger partial charge in [-0.3, -0.25) is 9.78 Å². The molecular weight excluding hydrogens is 196 g/mol. The Labute approximate surface area is 85.0 Å². The van der Waals surface area contributed by atoms with Crippen molar-refractivity contribution in [3.63, 3.8) is 0 Å². The predicted molar refractivity (Wildman–Crippen MR) is 53.5 cm³/mol. The monoisotopic (exact) mass is 204 g/mol. The fourth-order valence-corrected chi connectivity index (χ4v) is 1.12. The quantitative estimate of drug-likeness (QED) is 0.757. The molecule has 0 aromatic carbocycles. The maximum atomic E-state index is 10.3. The molecule has 0 amide bonds. The first-order chi connectivity index (χ1) is 7.25. The van der Waals surface area contributed by atoms with Gasteiger partial charge in [-0.1, -0.05) is 0 Å². The van der Waals surface area contributed by atoms with Crippen molar-refractivity contribution in [1.82, 2.24) is 15.0 Å². The number of nitrogens with zero attached hydrogens (tertiary/aromatic N) is 3. The third-order valence-corrected chi connectivity index (χ3v) is 1.75. The summed E-state index contributed by atoms with van der Waals surface area (Å²) in [6.45, 7) is -0.168. The number of rotatable bonds is 3. The lowest BCUT2D eigenvalue weighted by Gasteiger charge is -2.02. The number of hydrogen-bond donors (Lipinski definition) is 2. The van der Waals surface area contributed by atoms with E-state index in [0.717, 1.165) is 0 Å². The van der Waals surface area contributed by atoms with E-state index in [1.165, 1.54) is 6.20 Å². The Kier molecular flexibility index (Phi) is 2.40. The fraction of sp³-hybridized carbons (Fsp3) is 0.111. The van der Waals surface area contributed by atoms with E-state index >= 15 is 0 Å². The van der Waals surface area contributed by atoms with Crippen LogP contribution in [-0.4, -0.2) is 32.6 Å². The molecule has 0 aliphatic rings. The van der Waals surface area contributed by atoms with Crippen molar-refractivity contribution < 1.29 is 9.90 Å². The Morgan fingerprint density at radius 1 is 1.33 bits per heavy atom. The molecule has 2 aromatic rings. The predicted octanol–water partition coefficient (Wildman–Crippen LogP) is 0.521. The topological polar surface area (TPSA) is 88.0 Å². The van der Waals surface area contributed by atoms with E-state index in [1.54, 1.807) is 18.3 Å². The molecule has 0 bridgehead atoms. The van der Waals surface area contributed by atoms with Gasteiger partial charge in [-0.15, -0.1) is 0 Å². The summed E-state index contributed by atoms with van der Waals surface area (Å²) in [5.41, 5.74) is 1.17. The van der Waals surface area contributed by atoms with Crippen LogP contribution in [0.5, 0.6) is 0 Å². The maximum absolute atomic E-state index is 10.3. The molecule has 0 aliphatic carbocycles. The van der Waals surface area contributed by atoms with Gasteiger partial charge in [-0.25, -0.2) is 9.97 Å². The number of aliphatic carboxylic acids is 1. The lowest BCUT2D eigenvalue weighted by molar-refractivity contribution is -0.134. The molecule has 0 unspecified atom stereocenters. The summed E-state index contributed by atoms with van der Waals surface area (Å²) in [6, 6.07) is 3.40. The molecule has 0 spiro atoms. The normalized spacial score (nSPS) is 10.1. The van der Waals surface area contributed by atoms with Crippen LogP contribution < -0.4 is 5.32 Å². The molecule has 0 saturated carbocycles. The zero-order valence-corrected chi connectivity index (χ0v) is 7.71. The first-order valence-electron chi connectivity index (χ1n) is 4.29. The van der Waals surface area contributed by atoms with E-state index in [-0.39, 0.29) is 6.54 Å². The summed E-state index contributed by atoms with van der Waals surface area (Å²) in [5.74, 6) is -0.457. The van der Waals surface area contributed by atoms with Gasteiger partial charge in [0.1, 0.15) is 17.9 Å². The van der Waals surface area contributed by atoms with Crippen LogP contribution in [0, 0.1) is 0 Å². The van der Waals surface area contributed by atoms with Gasteiger partial charge in [-0.2, -0.15) is 0 Å². The third-order valence-electron chi connectivity index (χ3n) is 1.75. The standard InChI is InChI=1S/C9H8N4O2/c14-8(15)5-12-7-2-1-6-9(13-7)11-4-3-10-6/h1-4H,5H2,(H,14,15)(H,11,12,13). The highest BCUT2D eigenvalue weighted by Gasteiger charge is 2.00. The highest BCUT2D eigenvalue weighted by molar-refractivity contribution is 5.74. The summed E-state index contributed by atoms with van der Waals surface area (Å²) >= 11 is 0. The average Bonchev–Trinajstić information content (AvgIpc) is 2.26. The summed E-state index contributed by atoms with van der Waals surface area (Å²) in [7, 11) is 0. The second-order valence-electron chi connectivity index (χ2n) is 2.84. The van der Waals surface area contributed by atoms with Crippen molar-refractivity contribution in [1.29, 1.82) is 0 Å². The number of aromatic nitrogens is 3. The van der Waals surface area contributed by atoms with Crippen LogP contribution in [-0.2, 0) is 4.79 Å². The second kappa shape index (κ2) is 3.87. The number of carbonyl (C=O) groups is 1. The Balaban J connectivity index is 2.26. The number of nitrogens with one attached hydrogen (secondary N) is 1. The molecule has 2 rings (SSSR count). The van der Waals surface area contributed by atoms with E-state index in [2.05, 4.69) is 20.3 Å². The molecule has 2 N–H and O–H groups in total.